The van der Waals surface area contributed by atoms with E-state index < -0.39 is 0 Å². The van der Waals surface area contributed by atoms with E-state index in [1.54, 1.807) is 0 Å². The Labute approximate surface area is 125 Å². The van der Waals surface area contributed by atoms with Crippen LogP contribution in [0.5, 0.6) is 0 Å². The molecule has 0 unspecified atom stereocenters. The van der Waals surface area contributed by atoms with Gasteiger partial charge in [0, 0.05) is 37.6 Å². The summed E-state index contributed by atoms with van der Waals surface area (Å²) in [6.07, 6.45) is 4.10. The molecule has 4 heteroatoms. The summed E-state index contributed by atoms with van der Waals surface area (Å²) in [4.78, 5) is 13.9. The van der Waals surface area contributed by atoms with Gasteiger partial charge in [-0.25, -0.2) is 0 Å². The molecule has 0 saturated heterocycles. The van der Waals surface area contributed by atoms with Crippen LogP contribution in [-0.4, -0.2) is 30.4 Å². The number of nitrogens with one attached hydrogen (secondary N) is 1. The maximum absolute atomic E-state index is 11.8. The van der Waals surface area contributed by atoms with Crippen LogP contribution in [-0.2, 0) is 11.3 Å². The third-order valence-electron chi connectivity index (χ3n) is 2.86. The van der Waals surface area contributed by atoms with E-state index in [1.165, 1.54) is 0 Å². The fourth-order valence-electron chi connectivity index (χ4n) is 1.81. The summed E-state index contributed by atoms with van der Waals surface area (Å²) >= 11 is 6.04. The van der Waals surface area contributed by atoms with E-state index in [-0.39, 0.29) is 5.91 Å². The number of rotatable bonds is 9. The third kappa shape index (κ3) is 6.04. The van der Waals surface area contributed by atoms with Crippen molar-refractivity contribution < 1.29 is 4.79 Å². The van der Waals surface area contributed by atoms with Gasteiger partial charge >= 0.3 is 0 Å². The van der Waals surface area contributed by atoms with Crippen LogP contribution in [0, 0.1) is 0 Å². The maximum Gasteiger partial charge on any atom is 0.221 e. The van der Waals surface area contributed by atoms with Crippen LogP contribution in [0.25, 0.3) is 0 Å². The van der Waals surface area contributed by atoms with Gasteiger partial charge in [0.2, 0.25) is 5.91 Å². The second kappa shape index (κ2) is 9.34. The lowest BCUT2D eigenvalue weighted by atomic mass is 10.2. The number of hydrogen-bond acceptors (Lipinski definition) is 2. The molecule has 0 aliphatic carbocycles. The highest BCUT2D eigenvalue weighted by Gasteiger charge is 2.06. The highest BCUT2D eigenvalue weighted by atomic mass is 35.5. The van der Waals surface area contributed by atoms with E-state index in [4.69, 9.17) is 11.6 Å². The molecule has 0 radical (unpaired) electrons. The first-order valence-electron chi connectivity index (χ1n) is 6.61. The van der Waals surface area contributed by atoms with Crippen molar-refractivity contribution in [1.82, 2.24) is 10.2 Å². The van der Waals surface area contributed by atoms with Crippen LogP contribution < -0.4 is 5.32 Å². The monoisotopic (exact) mass is 292 g/mol. The van der Waals surface area contributed by atoms with Crippen LogP contribution in [0.3, 0.4) is 0 Å². The van der Waals surface area contributed by atoms with Gasteiger partial charge in [-0.2, -0.15) is 0 Å². The summed E-state index contributed by atoms with van der Waals surface area (Å²) in [5.41, 5.74) is 0.927. The molecule has 0 aliphatic heterocycles. The first kappa shape index (κ1) is 16.5. The molecule has 0 heterocycles. The van der Waals surface area contributed by atoms with E-state index >= 15 is 0 Å². The number of halogens is 1. The van der Waals surface area contributed by atoms with Crippen molar-refractivity contribution >= 4 is 17.5 Å². The maximum atomic E-state index is 11.8. The van der Waals surface area contributed by atoms with Crippen molar-refractivity contribution in [3.63, 3.8) is 0 Å². The van der Waals surface area contributed by atoms with Gasteiger partial charge in [-0.05, 0) is 11.6 Å². The van der Waals surface area contributed by atoms with Crippen molar-refractivity contribution in [1.29, 1.82) is 0 Å². The smallest absolute Gasteiger partial charge is 0.221 e. The van der Waals surface area contributed by atoms with Crippen LogP contribution >= 0.6 is 11.6 Å². The molecule has 1 aromatic carbocycles. The highest BCUT2D eigenvalue weighted by molar-refractivity contribution is 6.31. The van der Waals surface area contributed by atoms with E-state index in [0.717, 1.165) is 18.7 Å². The Morgan fingerprint density at radius 2 is 1.90 bits per heavy atom. The number of nitrogens with zero attached hydrogens (tertiary/aromatic N) is 1. The van der Waals surface area contributed by atoms with Crippen molar-refractivity contribution in [2.75, 3.05) is 19.6 Å². The largest absolute Gasteiger partial charge is 0.352 e. The molecule has 0 spiro atoms. The molecule has 1 amide bonds. The molecule has 108 valence electrons. The molecular formula is C16H21ClN2O. The van der Waals surface area contributed by atoms with Crippen LogP contribution in [0.4, 0.5) is 0 Å². The number of hydrogen-bond donors (Lipinski definition) is 1. The Morgan fingerprint density at radius 3 is 2.50 bits per heavy atom. The number of carbonyl (C=O) groups is 1. The summed E-state index contributed by atoms with van der Waals surface area (Å²) in [6, 6.07) is 7.50. The van der Waals surface area contributed by atoms with Gasteiger partial charge in [-0.15, -0.1) is 13.2 Å². The summed E-state index contributed by atoms with van der Waals surface area (Å²) < 4.78 is 0. The van der Waals surface area contributed by atoms with Crippen molar-refractivity contribution in [3.8, 4) is 0 Å². The standard InChI is InChI=1S/C16H21ClN2O/c1-3-10-19(11-4-2)12-9-16(20)18-13-14-7-5-6-8-15(14)17/h3-8H,1-2,9-13H2,(H,18,20). The summed E-state index contributed by atoms with van der Waals surface area (Å²) in [7, 11) is 0. The predicted octanol–water partition coefficient (Wildman–Crippen LogP) is 3.02. The second-order valence-corrected chi connectivity index (χ2v) is 4.86. The Morgan fingerprint density at radius 1 is 1.25 bits per heavy atom. The minimum atomic E-state index is 0.0167. The van der Waals surface area contributed by atoms with Gasteiger partial charge in [0.1, 0.15) is 0 Å². The second-order valence-electron chi connectivity index (χ2n) is 4.46. The quantitative estimate of drug-likeness (QED) is 0.710. The van der Waals surface area contributed by atoms with E-state index in [0.29, 0.717) is 24.5 Å². The molecule has 1 aromatic rings. The first-order valence-corrected chi connectivity index (χ1v) is 6.99. The number of amides is 1. The lowest BCUT2D eigenvalue weighted by Gasteiger charge is -2.18. The Balaban J connectivity index is 2.34. The summed E-state index contributed by atoms with van der Waals surface area (Å²) in [6.45, 7) is 10.1. The molecule has 0 fully saturated rings. The average molecular weight is 293 g/mol. The molecule has 3 nitrogen and oxygen atoms in total. The predicted molar refractivity (Wildman–Crippen MR) is 84.7 cm³/mol. The van der Waals surface area contributed by atoms with Crippen LogP contribution in [0.2, 0.25) is 5.02 Å². The van der Waals surface area contributed by atoms with E-state index in [9.17, 15) is 4.79 Å². The molecular weight excluding hydrogens is 272 g/mol. The first-order chi connectivity index (χ1) is 9.67. The van der Waals surface area contributed by atoms with Gasteiger partial charge in [0.15, 0.2) is 0 Å². The molecule has 20 heavy (non-hydrogen) atoms. The van der Waals surface area contributed by atoms with E-state index in [2.05, 4.69) is 23.4 Å². The number of benzene rings is 1. The highest BCUT2D eigenvalue weighted by Crippen LogP contribution is 2.14. The summed E-state index contributed by atoms with van der Waals surface area (Å²) in [5, 5.41) is 3.55. The Hall–Kier alpha value is -1.58. The van der Waals surface area contributed by atoms with Crippen molar-refractivity contribution in [2.45, 2.75) is 13.0 Å². The minimum Gasteiger partial charge on any atom is -0.352 e. The summed E-state index contributed by atoms with van der Waals surface area (Å²) in [5.74, 6) is 0.0167. The lowest BCUT2D eigenvalue weighted by Crippen LogP contribution is -2.31. The normalized spacial score (nSPS) is 10.3. The van der Waals surface area contributed by atoms with Crippen LogP contribution in [0.1, 0.15) is 12.0 Å². The topological polar surface area (TPSA) is 32.3 Å². The number of carbonyl (C=O) groups excluding carboxylic acids is 1. The molecule has 1 rings (SSSR count). The molecule has 0 aromatic heterocycles. The zero-order chi connectivity index (χ0) is 14.8. The van der Waals surface area contributed by atoms with E-state index in [1.807, 2.05) is 36.4 Å². The SMILES string of the molecule is C=CCN(CC=C)CCC(=O)NCc1ccccc1Cl. The molecule has 1 N–H and O–H groups in total. The Bertz CT molecular complexity index is 450. The lowest BCUT2D eigenvalue weighted by molar-refractivity contribution is -0.121. The van der Waals surface area contributed by atoms with Gasteiger partial charge in [0.25, 0.3) is 0 Å². The zero-order valence-corrected chi connectivity index (χ0v) is 12.4. The average Bonchev–Trinajstić information content (AvgIpc) is 2.44. The molecule has 0 aliphatic rings. The Kier molecular flexibility index (Phi) is 7.70. The van der Waals surface area contributed by atoms with Gasteiger partial charge < -0.3 is 5.32 Å². The molecule has 0 saturated carbocycles. The van der Waals surface area contributed by atoms with Gasteiger partial charge in [0.05, 0.1) is 0 Å². The third-order valence-corrected chi connectivity index (χ3v) is 3.23. The zero-order valence-electron chi connectivity index (χ0n) is 11.6. The molecule has 0 atom stereocenters. The van der Waals surface area contributed by atoms with Gasteiger partial charge in [-0.1, -0.05) is 42.0 Å². The van der Waals surface area contributed by atoms with Crippen molar-refractivity contribution in [2.24, 2.45) is 0 Å². The van der Waals surface area contributed by atoms with Gasteiger partial charge in [-0.3, -0.25) is 9.69 Å². The van der Waals surface area contributed by atoms with Crippen LogP contribution in [0.15, 0.2) is 49.6 Å². The fourth-order valence-corrected chi connectivity index (χ4v) is 2.01. The molecule has 0 bridgehead atoms. The fraction of sp³-hybridized carbons (Fsp3) is 0.312. The minimum absolute atomic E-state index is 0.0167. The van der Waals surface area contributed by atoms with Crippen molar-refractivity contribution in [3.05, 3.63) is 60.2 Å².